The lowest BCUT2D eigenvalue weighted by Gasteiger charge is -2.19. The van der Waals surface area contributed by atoms with Crippen molar-refractivity contribution in [3.05, 3.63) is 53.6 Å². The van der Waals surface area contributed by atoms with Crippen molar-refractivity contribution in [1.82, 2.24) is 4.31 Å². The van der Waals surface area contributed by atoms with Crippen LogP contribution in [0, 0.1) is 6.92 Å². The zero-order chi connectivity index (χ0) is 21.6. The molecular weight excluding hydrogens is 420 g/mol. The molecule has 0 saturated carbocycles. The van der Waals surface area contributed by atoms with E-state index in [9.17, 15) is 13.2 Å². The van der Waals surface area contributed by atoms with Gasteiger partial charge < -0.3 is 10.1 Å². The van der Waals surface area contributed by atoms with Gasteiger partial charge in [-0.15, -0.1) is 11.8 Å². The Morgan fingerprint density at radius 1 is 1.17 bits per heavy atom. The zero-order valence-electron chi connectivity index (χ0n) is 17.4. The molecule has 3 rings (SSSR count). The molecule has 1 amide bonds. The van der Waals surface area contributed by atoms with E-state index in [-0.39, 0.29) is 16.6 Å². The van der Waals surface area contributed by atoms with Crippen LogP contribution in [0.15, 0.2) is 47.4 Å². The zero-order valence-corrected chi connectivity index (χ0v) is 19.0. The average molecular weight is 449 g/mol. The molecule has 0 bridgehead atoms. The summed E-state index contributed by atoms with van der Waals surface area (Å²) in [5, 5.41) is 2.81. The first-order chi connectivity index (χ1) is 14.4. The Hall–Kier alpha value is -2.03. The molecule has 30 heavy (non-hydrogen) atoms. The fourth-order valence-electron chi connectivity index (χ4n) is 3.39. The number of carbonyl (C=O) groups is 1. The molecule has 0 unspecified atom stereocenters. The molecule has 2 aromatic carbocycles. The van der Waals surface area contributed by atoms with E-state index in [1.54, 1.807) is 12.1 Å². The molecule has 0 aliphatic carbocycles. The molecule has 1 saturated heterocycles. The van der Waals surface area contributed by atoms with Crippen LogP contribution < -0.4 is 10.1 Å². The van der Waals surface area contributed by atoms with Crippen molar-refractivity contribution in [3.8, 4) is 5.75 Å². The van der Waals surface area contributed by atoms with Gasteiger partial charge >= 0.3 is 0 Å². The Morgan fingerprint density at radius 3 is 2.63 bits per heavy atom. The highest BCUT2D eigenvalue weighted by Crippen LogP contribution is 2.31. The Labute approximate surface area is 183 Å². The summed E-state index contributed by atoms with van der Waals surface area (Å²) < 4.78 is 33.1. The first-order valence-corrected chi connectivity index (χ1v) is 12.7. The number of thioether (sulfide) groups is 1. The van der Waals surface area contributed by atoms with E-state index in [4.69, 9.17) is 4.74 Å². The number of hydrogen-bond acceptors (Lipinski definition) is 5. The molecule has 0 atom stereocenters. The van der Waals surface area contributed by atoms with Crippen molar-refractivity contribution in [2.45, 2.75) is 37.3 Å². The van der Waals surface area contributed by atoms with Crippen LogP contribution in [-0.4, -0.2) is 44.1 Å². The lowest BCUT2D eigenvalue weighted by atomic mass is 10.2. The number of amides is 1. The summed E-state index contributed by atoms with van der Waals surface area (Å²) in [6.45, 7) is 5.25. The molecule has 0 spiro atoms. The lowest BCUT2D eigenvalue weighted by Crippen LogP contribution is -2.28. The third-order valence-electron chi connectivity index (χ3n) is 4.79. The summed E-state index contributed by atoms with van der Waals surface area (Å²) >= 11 is 1.52. The van der Waals surface area contributed by atoms with Gasteiger partial charge in [0, 0.05) is 24.5 Å². The number of sulfonamides is 1. The fraction of sp³-hybridized carbons (Fsp3) is 0.409. The largest absolute Gasteiger partial charge is 0.492 e. The van der Waals surface area contributed by atoms with E-state index in [0.717, 1.165) is 18.6 Å². The van der Waals surface area contributed by atoms with E-state index in [2.05, 4.69) is 11.4 Å². The number of hydrogen-bond donors (Lipinski definition) is 1. The highest BCUT2D eigenvalue weighted by Gasteiger charge is 2.30. The fourth-order valence-corrected chi connectivity index (χ4v) is 5.84. The van der Waals surface area contributed by atoms with Gasteiger partial charge in [-0.25, -0.2) is 8.42 Å². The van der Waals surface area contributed by atoms with Crippen molar-refractivity contribution in [2.75, 3.05) is 30.8 Å². The molecule has 8 heteroatoms. The number of carbonyl (C=O) groups excluding carboxylic acids is 1. The van der Waals surface area contributed by atoms with Gasteiger partial charge in [0.15, 0.2) is 0 Å². The number of rotatable bonds is 9. The van der Waals surface area contributed by atoms with E-state index < -0.39 is 10.0 Å². The molecule has 1 aliphatic rings. The van der Waals surface area contributed by atoms with Crippen LogP contribution in [0.25, 0.3) is 0 Å². The molecule has 162 valence electrons. The number of aryl methyl sites for hydroxylation is 1. The second-order valence-corrected chi connectivity index (χ2v) is 10.1. The van der Waals surface area contributed by atoms with Crippen LogP contribution in [0.4, 0.5) is 5.69 Å². The summed E-state index contributed by atoms with van der Waals surface area (Å²) in [6.07, 6.45) is 1.72. The molecule has 0 aromatic heterocycles. The van der Waals surface area contributed by atoms with Crippen LogP contribution in [0.3, 0.4) is 0 Å². The minimum absolute atomic E-state index is 0.108. The van der Waals surface area contributed by atoms with Crippen molar-refractivity contribution in [3.63, 3.8) is 0 Å². The Morgan fingerprint density at radius 2 is 1.93 bits per heavy atom. The summed E-state index contributed by atoms with van der Waals surface area (Å²) in [5.41, 5.74) is 2.82. The maximum absolute atomic E-state index is 13.1. The van der Waals surface area contributed by atoms with Crippen LogP contribution in [0.1, 0.15) is 30.9 Å². The van der Waals surface area contributed by atoms with Gasteiger partial charge in [-0.1, -0.05) is 29.8 Å². The number of anilines is 1. The van der Waals surface area contributed by atoms with E-state index in [1.807, 2.05) is 32.0 Å². The van der Waals surface area contributed by atoms with Crippen LogP contribution in [-0.2, 0) is 20.6 Å². The standard InChI is InChI=1S/C22H28N2O4S2/c1-3-28-20-10-9-19(14-21(20)30(26,27)24-11-4-5-12-24)23-22(25)16-29-15-18-8-6-7-17(2)13-18/h6-10,13-14H,3-5,11-12,15-16H2,1-2H3,(H,23,25). The van der Waals surface area contributed by atoms with Gasteiger partial charge in [0.25, 0.3) is 0 Å². The third kappa shape index (κ3) is 5.77. The number of benzene rings is 2. The first-order valence-electron chi connectivity index (χ1n) is 10.1. The third-order valence-corrected chi connectivity index (χ3v) is 7.72. The summed E-state index contributed by atoms with van der Waals surface area (Å²) in [6, 6.07) is 13.0. The topological polar surface area (TPSA) is 75.7 Å². The SMILES string of the molecule is CCOc1ccc(NC(=O)CSCc2cccc(C)c2)cc1S(=O)(=O)N1CCCC1. The van der Waals surface area contributed by atoms with Crippen molar-refractivity contribution in [1.29, 1.82) is 0 Å². The molecule has 2 aromatic rings. The van der Waals surface area contributed by atoms with Gasteiger partial charge in [-0.05, 0) is 50.5 Å². The highest BCUT2D eigenvalue weighted by molar-refractivity contribution is 7.99. The summed E-state index contributed by atoms with van der Waals surface area (Å²) in [5.74, 6) is 1.18. The van der Waals surface area contributed by atoms with Crippen molar-refractivity contribution in [2.24, 2.45) is 0 Å². The Bertz CT molecular complexity index is 986. The Balaban J connectivity index is 1.67. The molecular formula is C22H28N2O4S2. The second kappa shape index (κ2) is 10.3. The van der Waals surface area contributed by atoms with Crippen molar-refractivity contribution < 1.29 is 17.9 Å². The predicted octanol–water partition coefficient (Wildman–Crippen LogP) is 4.05. The maximum Gasteiger partial charge on any atom is 0.246 e. The predicted molar refractivity (Wildman–Crippen MR) is 122 cm³/mol. The monoisotopic (exact) mass is 448 g/mol. The lowest BCUT2D eigenvalue weighted by molar-refractivity contribution is -0.113. The van der Waals surface area contributed by atoms with Gasteiger partial charge in [0.2, 0.25) is 15.9 Å². The van der Waals surface area contributed by atoms with Gasteiger partial charge in [-0.3, -0.25) is 4.79 Å². The minimum atomic E-state index is -3.66. The van der Waals surface area contributed by atoms with E-state index in [0.29, 0.717) is 31.1 Å². The number of nitrogens with one attached hydrogen (secondary N) is 1. The highest BCUT2D eigenvalue weighted by atomic mass is 32.2. The normalized spacial score (nSPS) is 14.6. The van der Waals surface area contributed by atoms with E-state index in [1.165, 1.54) is 33.3 Å². The smallest absolute Gasteiger partial charge is 0.246 e. The number of ether oxygens (including phenoxy) is 1. The van der Waals surface area contributed by atoms with Crippen molar-refractivity contribution >= 4 is 33.4 Å². The minimum Gasteiger partial charge on any atom is -0.492 e. The second-order valence-electron chi connectivity index (χ2n) is 7.24. The van der Waals surface area contributed by atoms with Crippen LogP contribution >= 0.6 is 11.8 Å². The van der Waals surface area contributed by atoms with Gasteiger partial charge in [0.05, 0.1) is 12.4 Å². The van der Waals surface area contributed by atoms with Crippen LogP contribution in [0.5, 0.6) is 5.75 Å². The molecule has 1 N–H and O–H groups in total. The van der Waals surface area contributed by atoms with Gasteiger partial charge in [-0.2, -0.15) is 4.31 Å². The van der Waals surface area contributed by atoms with Gasteiger partial charge in [0.1, 0.15) is 10.6 Å². The average Bonchev–Trinajstić information content (AvgIpc) is 3.25. The molecule has 1 heterocycles. The summed E-state index contributed by atoms with van der Waals surface area (Å²) in [4.78, 5) is 12.5. The molecule has 1 aliphatic heterocycles. The Kier molecular flexibility index (Phi) is 7.80. The molecule has 1 fully saturated rings. The van der Waals surface area contributed by atoms with E-state index >= 15 is 0 Å². The summed E-state index contributed by atoms with van der Waals surface area (Å²) in [7, 11) is -3.66. The number of nitrogens with zero attached hydrogens (tertiary/aromatic N) is 1. The quantitative estimate of drug-likeness (QED) is 0.626. The maximum atomic E-state index is 13.1. The van der Waals surface area contributed by atoms with Crippen LogP contribution in [0.2, 0.25) is 0 Å². The molecule has 0 radical (unpaired) electrons. The molecule has 6 nitrogen and oxygen atoms in total. The first kappa shape index (κ1) is 22.7.